The third-order valence-electron chi connectivity index (χ3n) is 1.83. The zero-order valence-corrected chi connectivity index (χ0v) is 7.50. The van der Waals surface area contributed by atoms with Crippen LogP contribution in [0.3, 0.4) is 0 Å². The molecule has 1 rings (SSSR count). The van der Waals surface area contributed by atoms with Crippen molar-refractivity contribution in [1.82, 2.24) is 5.32 Å². The van der Waals surface area contributed by atoms with Crippen molar-refractivity contribution in [2.75, 3.05) is 6.54 Å². The normalized spacial score (nSPS) is 30.5. The van der Waals surface area contributed by atoms with Gasteiger partial charge in [0, 0.05) is 0 Å². The molecule has 2 atom stereocenters. The number of ether oxygens (including phenoxy) is 1. The lowest BCUT2D eigenvalue weighted by Gasteiger charge is -2.29. The van der Waals surface area contributed by atoms with Gasteiger partial charge in [-0.3, -0.25) is 5.41 Å². The van der Waals surface area contributed by atoms with Crippen LogP contribution in [-0.4, -0.2) is 29.9 Å². The number of aliphatic hydroxyl groups is 1. The summed E-state index contributed by atoms with van der Waals surface area (Å²) in [7, 11) is 0. The molecule has 0 aromatic carbocycles. The minimum atomic E-state index is -0.846. The summed E-state index contributed by atoms with van der Waals surface area (Å²) < 4.78 is 4.88. The van der Waals surface area contributed by atoms with Crippen molar-refractivity contribution in [1.29, 1.82) is 5.41 Å². The highest BCUT2D eigenvalue weighted by Gasteiger charge is 2.25. The third kappa shape index (κ3) is 2.46. The van der Waals surface area contributed by atoms with Crippen molar-refractivity contribution in [2.45, 2.75) is 32.6 Å². The molecule has 70 valence electrons. The van der Waals surface area contributed by atoms with Gasteiger partial charge >= 0.3 is 0 Å². The van der Waals surface area contributed by atoms with E-state index < -0.39 is 6.29 Å². The van der Waals surface area contributed by atoms with Gasteiger partial charge in [-0.25, -0.2) is 0 Å². The molecule has 2 unspecified atom stereocenters. The lowest BCUT2D eigenvalue weighted by Crippen LogP contribution is -2.50. The molecule has 0 spiro atoms. The van der Waals surface area contributed by atoms with Gasteiger partial charge in [0.2, 0.25) is 12.2 Å². The van der Waals surface area contributed by atoms with Crippen molar-refractivity contribution in [3.63, 3.8) is 0 Å². The van der Waals surface area contributed by atoms with Gasteiger partial charge in [0.1, 0.15) is 0 Å². The Balaban J connectivity index is 2.40. The fourth-order valence-electron chi connectivity index (χ4n) is 1.27. The lowest BCUT2D eigenvalue weighted by molar-refractivity contribution is -0.0455. The molecule has 1 aliphatic rings. The van der Waals surface area contributed by atoms with Crippen LogP contribution in [0.4, 0.5) is 0 Å². The van der Waals surface area contributed by atoms with Gasteiger partial charge in [0.15, 0.2) is 0 Å². The SMILES string of the molecule is CC(C)CC1NCC(O)OC1=N. The smallest absolute Gasteiger partial charge is 0.211 e. The number of aliphatic hydroxyl groups excluding tert-OH is 1. The van der Waals surface area contributed by atoms with E-state index in [2.05, 4.69) is 19.2 Å². The number of morpholine rings is 1. The van der Waals surface area contributed by atoms with Crippen LogP contribution in [0, 0.1) is 11.3 Å². The first-order valence-corrected chi connectivity index (χ1v) is 4.26. The summed E-state index contributed by atoms with van der Waals surface area (Å²) in [6, 6.07) is -0.0200. The van der Waals surface area contributed by atoms with Crippen LogP contribution in [0.25, 0.3) is 0 Å². The van der Waals surface area contributed by atoms with Crippen molar-refractivity contribution in [3.8, 4) is 0 Å². The molecule has 0 aromatic rings. The zero-order valence-electron chi connectivity index (χ0n) is 7.50. The molecule has 0 amide bonds. The van der Waals surface area contributed by atoms with E-state index in [1.54, 1.807) is 0 Å². The van der Waals surface area contributed by atoms with Gasteiger partial charge in [0.25, 0.3) is 0 Å². The number of nitrogens with one attached hydrogen (secondary N) is 2. The van der Waals surface area contributed by atoms with Crippen LogP contribution in [-0.2, 0) is 4.74 Å². The first-order chi connectivity index (χ1) is 5.59. The average molecular weight is 172 g/mol. The molecule has 3 N–H and O–H groups in total. The molecular weight excluding hydrogens is 156 g/mol. The monoisotopic (exact) mass is 172 g/mol. The standard InChI is InChI=1S/C8H16N2O2/c1-5(2)3-6-8(9)12-7(11)4-10-6/h5-7,9-11H,3-4H2,1-2H3. The molecule has 1 fully saturated rings. The van der Waals surface area contributed by atoms with Crippen LogP contribution >= 0.6 is 0 Å². The Morgan fingerprint density at radius 2 is 2.42 bits per heavy atom. The van der Waals surface area contributed by atoms with E-state index in [4.69, 9.17) is 15.3 Å². The van der Waals surface area contributed by atoms with E-state index in [9.17, 15) is 0 Å². The summed E-state index contributed by atoms with van der Waals surface area (Å²) in [5.41, 5.74) is 0. The molecule has 0 radical (unpaired) electrons. The lowest BCUT2D eigenvalue weighted by atomic mass is 10.0. The second-order valence-electron chi connectivity index (χ2n) is 3.53. The maximum Gasteiger partial charge on any atom is 0.211 e. The third-order valence-corrected chi connectivity index (χ3v) is 1.83. The minimum Gasteiger partial charge on any atom is -0.449 e. The van der Waals surface area contributed by atoms with Gasteiger partial charge in [0.05, 0.1) is 12.6 Å². The molecule has 4 nitrogen and oxygen atoms in total. The Labute approximate surface area is 72.4 Å². The van der Waals surface area contributed by atoms with Crippen molar-refractivity contribution >= 4 is 5.90 Å². The number of rotatable bonds is 2. The van der Waals surface area contributed by atoms with E-state index in [1.165, 1.54) is 0 Å². The molecule has 0 aromatic heterocycles. The second-order valence-corrected chi connectivity index (χ2v) is 3.53. The fraction of sp³-hybridized carbons (Fsp3) is 0.875. The molecule has 12 heavy (non-hydrogen) atoms. The van der Waals surface area contributed by atoms with Gasteiger partial charge in [-0.15, -0.1) is 0 Å². The molecule has 1 aliphatic heterocycles. The summed E-state index contributed by atoms with van der Waals surface area (Å²) in [4.78, 5) is 0. The van der Waals surface area contributed by atoms with Crippen molar-refractivity contribution < 1.29 is 9.84 Å². The highest BCUT2D eigenvalue weighted by molar-refractivity contribution is 5.79. The first kappa shape index (κ1) is 9.48. The quantitative estimate of drug-likeness (QED) is 0.562. The van der Waals surface area contributed by atoms with Gasteiger partial charge < -0.3 is 15.2 Å². The van der Waals surface area contributed by atoms with Crippen LogP contribution in [0.15, 0.2) is 0 Å². The van der Waals surface area contributed by atoms with Crippen LogP contribution < -0.4 is 5.32 Å². The number of hydrogen-bond acceptors (Lipinski definition) is 4. The second kappa shape index (κ2) is 3.87. The van der Waals surface area contributed by atoms with E-state index in [-0.39, 0.29) is 11.9 Å². The first-order valence-electron chi connectivity index (χ1n) is 4.26. The largest absolute Gasteiger partial charge is 0.449 e. The van der Waals surface area contributed by atoms with Gasteiger partial charge in [-0.2, -0.15) is 0 Å². The van der Waals surface area contributed by atoms with E-state index in [0.29, 0.717) is 12.5 Å². The van der Waals surface area contributed by atoms with E-state index in [0.717, 1.165) is 6.42 Å². The Hall–Kier alpha value is -0.610. The highest BCUT2D eigenvalue weighted by atomic mass is 16.6. The topological polar surface area (TPSA) is 65.3 Å². The zero-order chi connectivity index (χ0) is 9.14. The fourth-order valence-corrected chi connectivity index (χ4v) is 1.27. The van der Waals surface area contributed by atoms with Crippen LogP contribution in [0.1, 0.15) is 20.3 Å². The number of hydrogen-bond donors (Lipinski definition) is 3. The van der Waals surface area contributed by atoms with Gasteiger partial charge in [-0.05, 0) is 12.3 Å². The van der Waals surface area contributed by atoms with Crippen molar-refractivity contribution in [3.05, 3.63) is 0 Å². The maximum absolute atomic E-state index is 9.01. The van der Waals surface area contributed by atoms with Crippen molar-refractivity contribution in [2.24, 2.45) is 5.92 Å². The van der Waals surface area contributed by atoms with Gasteiger partial charge in [-0.1, -0.05) is 13.8 Å². The summed E-state index contributed by atoms with van der Waals surface area (Å²) in [5.74, 6) is 0.684. The maximum atomic E-state index is 9.01. The van der Waals surface area contributed by atoms with Crippen LogP contribution in [0.2, 0.25) is 0 Å². The summed E-state index contributed by atoms with van der Waals surface area (Å²) in [6.45, 7) is 4.61. The highest BCUT2D eigenvalue weighted by Crippen LogP contribution is 2.10. The molecule has 0 aliphatic carbocycles. The summed E-state index contributed by atoms with van der Waals surface area (Å²) >= 11 is 0. The molecule has 1 saturated heterocycles. The minimum absolute atomic E-state index is 0.0200. The van der Waals surface area contributed by atoms with E-state index in [1.807, 2.05) is 0 Å². The Morgan fingerprint density at radius 1 is 1.75 bits per heavy atom. The summed E-state index contributed by atoms with van der Waals surface area (Å²) in [5, 5.41) is 19.5. The Kier molecular flexibility index (Phi) is 3.05. The molecule has 4 heteroatoms. The van der Waals surface area contributed by atoms with Crippen LogP contribution in [0.5, 0.6) is 0 Å². The predicted molar refractivity (Wildman–Crippen MR) is 46.1 cm³/mol. The molecular formula is C8H16N2O2. The van der Waals surface area contributed by atoms with E-state index >= 15 is 0 Å². The predicted octanol–water partition coefficient (Wildman–Crippen LogP) is 0.317. The number of β-amino-alcohol motifs (C(OH)–C–C–N with tert-alkyl or cyclic N) is 1. The molecule has 0 saturated carbocycles. The Morgan fingerprint density at radius 3 is 2.92 bits per heavy atom. The summed E-state index contributed by atoms with van der Waals surface area (Å²) in [6.07, 6.45) is 0.0341. The Bertz CT molecular complexity index is 170. The molecule has 0 bridgehead atoms. The molecule has 1 heterocycles. The average Bonchev–Trinajstić information content (AvgIpc) is 1.94.